The van der Waals surface area contributed by atoms with Crippen LogP contribution < -0.4 is 14.8 Å². The van der Waals surface area contributed by atoms with Gasteiger partial charge in [-0.2, -0.15) is 4.31 Å². The van der Waals surface area contributed by atoms with Crippen molar-refractivity contribution in [1.29, 1.82) is 0 Å². The Kier molecular flexibility index (Phi) is 7.68. The maximum atomic E-state index is 12.9. The molecule has 8 heteroatoms. The van der Waals surface area contributed by atoms with E-state index in [2.05, 4.69) is 5.32 Å². The molecule has 4 aromatic rings. The van der Waals surface area contributed by atoms with Crippen LogP contribution in [0.5, 0.6) is 17.2 Å². The topological polar surface area (TPSA) is 84.9 Å². The highest BCUT2D eigenvalue weighted by Gasteiger charge is 2.22. The van der Waals surface area contributed by atoms with E-state index in [0.29, 0.717) is 28.3 Å². The van der Waals surface area contributed by atoms with Gasteiger partial charge in [0.15, 0.2) is 0 Å². The number of nitrogens with zero attached hydrogens (tertiary/aromatic N) is 1. The molecule has 1 amide bonds. The Morgan fingerprint density at radius 2 is 1.44 bits per heavy atom. The lowest BCUT2D eigenvalue weighted by Crippen LogP contribution is -2.27. The second-order valence-corrected chi connectivity index (χ2v) is 10.0. The maximum Gasteiger partial charge on any atom is 0.255 e. The molecule has 0 aliphatic heterocycles. The highest BCUT2D eigenvalue weighted by Crippen LogP contribution is 2.26. The van der Waals surface area contributed by atoms with Gasteiger partial charge in [-0.1, -0.05) is 36.4 Å². The molecule has 36 heavy (non-hydrogen) atoms. The Morgan fingerprint density at radius 3 is 2.08 bits per heavy atom. The third kappa shape index (κ3) is 5.91. The van der Waals surface area contributed by atoms with Crippen LogP contribution in [0.4, 0.5) is 5.69 Å². The molecule has 7 nitrogen and oxygen atoms in total. The van der Waals surface area contributed by atoms with Crippen molar-refractivity contribution in [2.45, 2.75) is 11.4 Å². The zero-order valence-corrected chi connectivity index (χ0v) is 20.7. The van der Waals surface area contributed by atoms with Crippen LogP contribution in [0.15, 0.2) is 108 Å². The molecule has 0 radical (unpaired) electrons. The molecule has 184 valence electrons. The van der Waals surface area contributed by atoms with Gasteiger partial charge in [-0.25, -0.2) is 8.42 Å². The number of hydrogen-bond acceptors (Lipinski definition) is 5. The van der Waals surface area contributed by atoms with E-state index in [1.807, 2.05) is 30.3 Å². The molecule has 1 N–H and O–H groups in total. The third-order valence-electron chi connectivity index (χ3n) is 5.48. The molecule has 0 spiro atoms. The Labute approximate surface area is 211 Å². The van der Waals surface area contributed by atoms with E-state index in [4.69, 9.17) is 9.47 Å². The van der Waals surface area contributed by atoms with Gasteiger partial charge < -0.3 is 14.8 Å². The van der Waals surface area contributed by atoms with Gasteiger partial charge in [0.25, 0.3) is 5.91 Å². The number of nitrogens with one attached hydrogen (secondary N) is 1. The molecule has 0 aliphatic carbocycles. The maximum absolute atomic E-state index is 12.9. The zero-order valence-electron chi connectivity index (χ0n) is 19.9. The standard InChI is InChI=1S/C28H26N2O5S/c1-30(36(32,33)26-11-7-4-8-12-26)20-22-19-21(13-18-27(22)34-2)28(31)29-23-14-16-25(17-15-23)35-24-9-5-3-6-10-24/h3-19H,20H2,1-2H3,(H,29,31). The lowest BCUT2D eigenvalue weighted by molar-refractivity contribution is 0.102. The molecule has 4 rings (SSSR count). The quantitative estimate of drug-likeness (QED) is 0.324. The fourth-order valence-electron chi connectivity index (χ4n) is 3.57. The van der Waals surface area contributed by atoms with Crippen LogP contribution >= 0.6 is 0 Å². The first-order chi connectivity index (χ1) is 17.4. The van der Waals surface area contributed by atoms with Crippen LogP contribution in [0.3, 0.4) is 0 Å². The molecule has 0 saturated heterocycles. The van der Waals surface area contributed by atoms with E-state index < -0.39 is 10.0 Å². The number of carbonyl (C=O) groups is 1. The average molecular weight is 503 g/mol. The van der Waals surface area contributed by atoms with Gasteiger partial charge in [0.1, 0.15) is 17.2 Å². The fourth-order valence-corrected chi connectivity index (χ4v) is 4.74. The lowest BCUT2D eigenvalue weighted by atomic mass is 10.1. The van der Waals surface area contributed by atoms with Gasteiger partial charge in [-0.3, -0.25) is 4.79 Å². The van der Waals surface area contributed by atoms with Crippen molar-refractivity contribution in [3.8, 4) is 17.2 Å². The Hall–Kier alpha value is -4.14. The largest absolute Gasteiger partial charge is 0.496 e. The molecule has 0 saturated carbocycles. The van der Waals surface area contributed by atoms with E-state index in [1.165, 1.54) is 18.5 Å². The second kappa shape index (κ2) is 11.1. The smallest absolute Gasteiger partial charge is 0.255 e. The predicted molar refractivity (Wildman–Crippen MR) is 139 cm³/mol. The van der Waals surface area contributed by atoms with Crippen molar-refractivity contribution in [3.05, 3.63) is 114 Å². The number of carbonyl (C=O) groups excluding carboxylic acids is 1. The molecule has 0 aliphatic rings. The number of rotatable bonds is 9. The number of para-hydroxylation sites is 1. The first-order valence-corrected chi connectivity index (χ1v) is 12.6. The van der Waals surface area contributed by atoms with Crippen molar-refractivity contribution in [2.24, 2.45) is 0 Å². The number of benzene rings is 4. The summed E-state index contributed by atoms with van der Waals surface area (Å²) < 4.78 is 38.3. The predicted octanol–water partition coefficient (Wildman–Crippen LogP) is 5.56. The van der Waals surface area contributed by atoms with E-state index >= 15 is 0 Å². The summed E-state index contributed by atoms with van der Waals surface area (Å²) in [6.45, 7) is 0.0348. The van der Waals surface area contributed by atoms with Gasteiger partial charge in [0.05, 0.1) is 12.0 Å². The summed E-state index contributed by atoms with van der Waals surface area (Å²) in [5.74, 6) is 1.53. The first-order valence-electron chi connectivity index (χ1n) is 11.2. The van der Waals surface area contributed by atoms with Crippen LogP contribution in [0.2, 0.25) is 0 Å². The van der Waals surface area contributed by atoms with E-state index in [0.717, 1.165) is 5.75 Å². The summed E-state index contributed by atoms with van der Waals surface area (Å²) in [7, 11) is -0.708. The summed E-state index contributed by atoms with van der Waals surface area (Å²) in [6.07, 6.45) is 0. The van der Waals surface area contributed by atoms with Gasteiger partial charge >= 0.3 is 0 Å². The lowest BCUT2D eigenvalue weighted by Gasteiger charge is -2.19. The minimum Gasteiger partial charge on any atom is -0.496 e. The summed E-state index contributed by atoms with van der Waals surface area (Å²) >= 11 is 0. The summed E-state index contributed by atoms with van der Waals surface area (Å²) in [6, 6.07) is 29.6. The van der Waals surface area contributed by atoms with Gasteiger partial charge in [0.2, 0.25) is 10.0 Å². The Balaban J connectivity index is 1.47. The number of methoxy groups -OCH3 is 1. The molecular formula is C28H26N2O5S. The number of sulfonamides is 1. The van der Waals surface area contributed by atoms with Crippen LogP contribution in [0.25, 0.3) is 0 Å². The number of anilines is 1. The fraction of sp³-hybridized carbons (Fsp3) is 0.107. The van der Waals surface area contributed by atoms with E-state index in [-0.39, 0.29) is 17.3 Å². The van der Waals surface area contributed by atoms with E-state index in [9.17, 15) is 13.2 Å². The highest BCUT2D eigenvalue weighted by atomic mass is 32.2. The van der Waals surface area contributed by atoms with E-state index in [1.54, 1.807) is 72.8 Å². The summed E-state index contributed by atoms with van der Waals surface area (Å²) in [5.41, 5.74) is 1.54. The van der Waals surface area contributed by atoms with Crippen LogP contribution in [0.1, 0.15) is 15.9 Å². The van der Waals surface area contributed by atoms with Gasteiger partial charge in [0, 0.05) is 30.4 Å². The van der Waals surface area contributed by atoms with Crippen LogP contribution in [-0.2, 0) is 16.6 Å². The molecule has 0 bridgehead atoms. The molecule has 0 fully saturated rings. The second-order valence-electron chi connectivity index (χ2n) is 7.99. The SMILES string of the molecule is COc1ccc(C(=O)Nc2ccc(Oc3ccccc3)cc2)cc1CN(C)S(=O)(=O)c1ccccc1. The third-order valence-corrected chi connectivity index (χ3v) is 7.30. The Morgan fingerprint density at radius 1 is 0.833 bits per heavy atom. The molecule has 4 aromatic carbocycles. The molecule has 0 unspecified atom stereocenters. The molecule has 0 atom stereocenters. The minimum absolute atomic E-state index is 0.0348. The minimum atomic E-state index is -3.71. The van der Waals surface area contributed by atoms with Crippen molar-refractivity contribution < 1.29 is 22.7 Å². The Bertz CT molecular complexity index is 1420. The molecular weight excluding hydrogens is 476 g/mol. The normalized spacial score (nSPS) is 11.2. The van der Waals surface area contributed by atoms with Crippen molar-refractivity contribution in [1.82, 2.24) is 4.31 Å². The highest BCUT2D eigenvalue weighted by molar-refractivity contribution is 7.89. The summed E-state index contributed by atoms with van der Waals surface area (Å²) in [5, 5.41) is 2.86. The van der Waals surface area contributed by atoms with Crippen LogP contribution in [-0.4, -0.2) is 32.8 Å². The molecule has 0 aromatic heterocycles. The van der Waals surface area contributed by atoms with Gasteiger partial charge in [-0.15, -0.1) is 0 Å². The van der Waals surface area contributed by atoms with Crippen molar-refractivity contribution in [3.63, 3.8) is 0 Å². The first kappa shape index (κ1) is 25.0. The number of amides is 1. The van der Waals surface area contributed by atoms with Gasteiger partial charge in [-0.05, 0) is 66.7 Å². The van der Waals surface area contributed by atoms with Crippen molar-refractivity contribution >= 4 is 21.6 Å². The monoisotopic (exact) mass is 502 g/mol. The average Bonchev–Trinajstić information content (AvgIpc) is 2.90. The number of ether oxygens (including phenoxy) is 2. The number of hydrogen-bond donors (Lipinski definition) is 1. The van der Waals surface area contributed by atoms with Crippen LogP contribution in [0, 0.1) is 0 Å². The summed E-state index contributed by atoms with van der Waals surface area (Å²) in [4.78, 5) is 13.1. The zero-order chi connectivity index (χ0) is 25.5. The molecule has 0 heterocycles. The van der Waals surface area contributed by atoms with Crippen molar-refractivity contribution in [2.75, 3.05) is 19.5 Å².